The number of nitrogens with two attached hydrogens (primary N) is 3. The predicted molar refractivity (Wildman–Crippen MR) is 76.4 cm³/mol. The monoisotopic (exact) mass is 307 g/mol. The Morgan fingerprint density at radius 3 is 2.05 bits per heavy atom. The van der Waals surface area contributed by atoms with E-state index in [9.17, 15) is 13.2 Å². The second-order valence-corrected chi connectivity index (χ2v) is 3.89. The van der Waals surface area contributed by atoms with Crippen LogP contribution in [0.3, 0.4) is 0 Å². The van der Waals surface area contributed by atoms with E-state index in [1.807, 2.05) is 13.8 Å². The predicted octanol–water partition coefficient (Wildman–Crippen LogP) is 3.44. The van der Waals surface area contributed by atoms with Crippen LogP contribution in [-0.2, 0) is 6.18 Å². The molecule has 0 aromatic heterocycles. The standard InChI is InChI=1S/C11H11ClF3N3.C2H6/c12-8-5-6(9(16)3-4-10(17)18)1-2-7(8)11(13,14)15;1-2/h1-5H,16-18H2;1-2H3/b9-3-;. The molecular formula is C13H17ClF3N3. The van der Waals surface area contributed by atoms with Gasteiger partial charge in [-0.15, -0.1) is 0 Å². The number of rotatable bonds is 2. The Kier molecular flexibility index (Phi) is 6.99. The number of hydrogen-bond acceptors (Lipinski definition) is 3. The summed E-state index contributed by atoms with van der Waals surface area (Å²) in [7, 11) is 0. The van der Waals surface area contributed by atoms with E-state index in [4.69, 9.17) is 28.8 Å². The SMILES string of the molecule is CC.NC(N)=C/C=C(\N)c1ccc(C(F)(F)F)c(Cl)c1. The zero-order valence-corrected chi connectivity index (χ0v) is 11.9. The Morgan fingerprint density at radius 1 is 1.10 bits per heavy atom. The first-order valence-electron chi connectivity index (χ1n) is 5.77. The summed E-state index contributed by atoms with van der Waals surface area (Å²) >= 11 is 5.55. The fourth-order valence-electron chi connectivity index (χ4n) is 1.21. The van der Waals surface area contributed by atoms with Gasteiger partial charge in [0.1, 0.15) is 0 Å². The molecule has 0 radical (unpaired) electrons. The maximum absolute atomic E-state index is 12.5. The van der Waals surface area contributed by atoms with Crippen LogP contribution in [0, 0.1) is 0 Å². The van der Waals surface area contributed by atoms with E-state index >= 15 is 0 Å². The quantitative estimate of drug-likeness (QED) is 0.732. The lowest BCUT2D eigenvalue weighted by Crippen LogP contribution is -2.08. The molecule has 0 aliphatic carbocycles. The van der Waals surface area contributed by atoms with Crippen LogP contribution in [0.25, 0.3) is 5.70 Å². The zero-order valence-electron chi connectivity index (χ0n) is 11.1. The van der Waals surface area contributed by atoms with E-state index in [-0.39, 0.29) is 11.5 Å². The highest BCUT2D eigenvalue weighted by atomic mass is 35.5. The van der Waals surface area contributed by atoms with Crippen molar-refractivity contribution in [1.82, 2.24) is 0 Å². The number of benzene rings is 1. The Balaban J connectivity index is 0.00000172. The van der Waals surface area contributed by atoms with Crippen LogP contribution in [0.5, 0.6) is 0 Å². The Labute approximate surface area is 120 Å². The molecule has 3 nitrogen and oxygen atoms in total. The average Bonchev–Trinajstić information content (AvgIpc) is 2.36. The largest absolute Gasteiger partial charge is 0.417 e. The molecule has 1 aromatic carbocycles. The van der Waals surface area contributed by atoms with Gasteiger partial charge in [-0.2, -0.15) is 13.2 Å². The van der Waals surface area contributed by atoms with Gasteiger partial charge < -0.3 is 17.2 Å². The molecule has 0 aliphatic rings. The lowest BCUT2D eigenvalue weighted by molar-refractivity contribution is -0.137. The summed E-state index contributed by atoms with van der Waals surface area (Å²) in [6.45, 7) is 4.00. The van der Waals surface area contributed by atoms with Crippen LogP contribution in [0.2, 0.25) is 5.02 Å². The lowest BCUT2D eigenvalue weighted by Gasteiger charge is -2.10. The van der Waals surface area contributed by atoms with Crippen molar-refractivity contribution >= 4 is 17.3 Å². The van der Waals surface area contributed by atoms with Gasteiger partial charge in [0.25, 0.3) is 0 Å². The molecular weight excluding hydrogens is 291 g/mol. The van der Waals surface area contributed by atoms with Crippen LogP contribution >= 0.6 is 11.6 Å². The number of halogens is 4. The second kappa shape index (κ2) is 7.69. The summed E-state index contributed by atoms with van der Waals surface area (Å²) < 4.78 is 37.4. The van der Waals surface area contributed by atoms with E-state index in [1.54, 1.807) is 0 Å². The molecule has 0 fully saturated rings. The molecule has 1 rings (SSSR count). The summed E-state index contributed by atoms with van der Waals surface area (Å²) in [4.78, 5) is 0. The first kappa shape index (κ1) is 18.2. The molecule has 6 N–H and O–H groups in total. The molecule has 0 aliphatic heterocycles. The van der Waals surface area contributed by atoms with Crippen LogP contribution in [0.1, 0.15) is 25.0 Å². The van der Waals surface area contributed by atoms with Crippen molar-refractivity contribution in [3.63, 3.8) is 0 Å². The third-order valence-electron chi connectivity index (χ3n) is 2.06. The highest BCUT2D eigenvalue weighted by Crippen LogP contribution is 2.35. The van der Waals surface area contributed by atoms with Crippen LogP contribution in [0.15, 0.2) is 36.2 Å². The highest BCUT2D eigenvalue weighted by Gasteiger charge is 2.33. The van der Waals surface area contributed by atoms with E-state index in [0.717, 1.165) is 12.1 Å². The molecule has 20 heavy (non-hydrogen) atoms. The van der Waals surface area contributed by atoms with Crippen molar-refractivity contribution < 1.29 is 13.2 Å². The van der Waals surface area contributed by atoms with Gasteiger partial charge in [-0.1, -0.05) is 31.5 Å². The molecule has 0 heterocycles. The molecule has 0 saturated heterocycles. The smallest absolute Gasteiger partial charge is 0.398 e. The fourth-order valence-corrected chi connectivity index (χ4v) is 1.49. The fraction of sp³-hybridized carbons (Fsp3) is 0.231. The topological polar surface area (TPSA) is 78.1 Å². The zero-order chi connectivity index (χ0) is 15.9. The maximum Gasteiger partial charge on any atom is 0.417 e. The number of hydrogen-bond donors (Lipinski definition) is 3. The molecule has 0 spiro atoms. The van der Waals surface area contributed by atoms with E-state index < -0.39 is 16.8 Å². The van der Waals surface area contributed by atoms with E-state index in [0.29, 0.717) is 5.56 Å². The van der Waals surface area contributed by atoms with Gasteiger partial charge in [0, 0.05) is 5.70 Å². The average molecular weight is 308 g/mol. The normalized spacial score (nSPS) is 11.4. The Hall–Kier alpha value is -1.82. The number of allylic oxidation sites excluding steroid dienone is 2. The van der Waals surface area contributed by atoms with Crippen molar-refractivity contribution in [2.24, 2.45) is 17.2 Å². The third kappa shape index (κ3) is 5.44. The second-order valence-electron chi connectivity index (χ2n) is 3.48. The first-order chi connectivity index (χ1) is 9.21. The van der Waals surface area contributed by atoms with Crippen LogP contribution < -0.4 is 17.2 Å². The molecule has 0 unspecified atom stereocenters. The Bertz CT molecular complexity index is 504. The van der Waals surface area contributed by atoms with Crippen molar-refractivity contribution in [3.05, 3.63) is 52.3 Å². The van der Waals surface area contributed by atoms with Gasteiger partial charge in [-0.3, -0.25) is 0 Å². The van der Waals surface area contributed by atoms with Crippen molar-refractivity contribution in [1.29, 1.82) is 0 Å². The number of alkyl halides is 3. The van der Waals surface area contributed by atoms with Gasteiger partial charge in [-0.05, 0) is 29.8 Å². The third-order valence-corrected chi connectivity index (χ3v) is 2.38. The molecule has 0 amide bonds. The minimum Gasteiger partial charge on any atom is -0.398 e. The summed E-state index contributed by atoms with van der Waals surface area (Å²) in [5.74, 6) is 0.0379. The maximum atomic E-state index is 12.5. The van der Waals surface area contributed by atoms with Gasteiger partial charge in [0.2, 0.25) is 0 Å². The Morgan fingerprint density at radius 2 is 1.65 bits per heavy atom. The molecule has 0 atom stereocenters. The molecule has 1 aromatic rings. The van der Waals surface area contributed by atoms with Crippen molar-refractivity contribution in [3.8, 4) is 0 Å². The molecule has 7 heteroatoms. The van der Waals surface area contributed by atoms with Gasteiger partial charge in [0.15, 0.2) is 0 Å². The van der Waals surface area contributed by atoms with Crippen molar-refractivity contribution in [2.45, 2.75) is 20.0 Å². The van der Waals surface area contributed by atoms with Crippen LogP contribution in [0.4, 0.5) is 13.2 Å². The summed E-state index contributed by atoms with van der Waals surface area (Å²) in [6.07, 6.45) is -1.77. The first-order valence-corrected chi connectivity index (χ1v) is 6.15. The molecule has 0 bridgehead atoms. The van der Waals surface area contributed by atoms with Gasteiger partial charge in [0.05, 0.1) is 16.4 Å². The van der Waals surface area contributed by atoms with E-state index in [2.05, 4.69) is 0 Å². The minimum atomic E-state index is -4.49. The highest BCUT2D eigenvalue weighted by molar-refractivity contribution is 6.31. The van der Waals surface area contributed by atoms with Gasteiger partial charge in [-0.25, -0.2) is 0 Å². The minimum absolute atomic E-state index is 0.0379. The van der Waals surface area contributed by atoms with Crippen LogP contribution in [-0.4, -0.2) is 0 Å². The lowest BCUT2D eigenvalue weighted by atomic mass is 10.1. The molecule has 0 saturated carbocycles. The summed E-state index contributed by atoms with van der Waals surface area (Å²) in [6, 6.07) is 3.23. The van der Waals surface area contributed by atoms with E-state index in [1.165, 1.54) is 18.2 Å². The van der Waals surface area contributed by atoms with Crippen molar-refractivity contribution in [2.75, 3.05) is 0 Å². The summed E-state index contributed by atoms with van der Waals surface area (Å²) in [5, 5.41) is -0.416. The van der Waals surface area contributed by atoms with Gasteiger partial charge >= 0.3 is 6.18 Å². The molecule has 112 valence electrons. The summed E-state index contributed by atoms with van der Waals surface area (Å²) in [5.41, 5.74) is 15.7.